The molecule has 0 spiro atoms. The van der Waals surface area contributed by atoms with E-state index in [0.29, 0.717) is 42.0 Å². The summed E-state index contributed by atoms with van der Waals surface area (Å²) in [5.41, 5.74) is 4.39. The molecule has 1 amide bonds. The minimum atomic E-state index is -0.229. The standard InChI is InChI=1S/C24H24ClN3O3/c1-16-20(17(2)28(27-16)15-18-6-3-4-7-21(18)25)9-11-24(29)26-19-8-10-22-23(14-19)31-13-5-12-30-22/h3-4,6-11,14H,5,12-13,15H2,1-2H3,(H,26,29)/b11-9+. The highest BCUT2D eigenvalue weighted by Gasteiger charge is 2.13. The molecule has 0 saturated carbocycles. The molecule has 160 valence electrons. The maximum absolute atomic E-state index is 12.5. The van der Waals surface area contributed by atoms with Gasteiger partial charge in [-0.25, -0.2) is 0 Å². The third-order valence-corrected chi connectivity index (χ3v) is 5.50. The van der Waals surface area contributed by atoms with Gasteiger partial charge in [-0.05, 0) is 43.7 Å². The Kier molecular flexibility index (Phi) is 6.28. The highest BCUT2D eigenvalue weighted by atomic mass is 35.5. The molecule has 1 N–H and O–H groups in total. The molecule has 0 saturated heterocycles. The van der Waals surface area contributed by atoms with E-state index >= 15 is 0 Å². The first-order valence-corrected chi connectivity index (χ1v) is 10.5. The van der Waals surface area contributed by atoms with Gasteiger partial charge < -0.3 is 14.8 Å². The fourth-order valence-electron chi connectivity index (χ4n) is 3.48. The highest BCUT2D eigenvalue weighted by molar-refractivity contribution is 6.31. The van der Waals surface area contributed by atoms with Crippen LogP contribution in [0.15, 0.2) is 48.5 Å². The van der Waals surface area contributed by atoms with E-state index in [4.69, 9.17) is 21.1 Å². The predicted molar refractivity (Wildman–Crippen MR) is 122 cm³/mol. The van der Waals surface area contributed by atoms with Crippen LogP contribution in [-0.4, -0.2) is 28.9 Å². The molecule has 0 radical (unpaired) electrons. The molecule has 0 bridgehead atoms. The van der Waals surface area contributed by atoms with Gasteiger partial charge >= 0.3 is 0 Å². The summed E-state index contributed by atoms with van der Waals surface area (Å²) in [5, 5.41) is 8.19. The van der Waals surface area contributed by atoms with Gasteiger partial charge in [0.05, 0.1) is 25.5 Å². The van der Waals surface area contributed by atoms with Crippen molar-refractivity contribution in [3.63, 3.8) is 0 Å². The molecule has 0 unspecified atom stereocenters. The van der Waals surface area contributed by atoms with Crippen molar-refractivity contribution >= 4 is 29.3 Å². The molecule has 2 heterocycles. The van der Waals surface area contributed by atoms with Crippen molar-refractivity contribution < 1.29 is 14.3 Å². The Morgan fingerprint density at radius 3 is 2.74 bits per heavy atom. The minimum absolute atomic E-state index is 0.229. The lowest BCUT2D eigenvalue weighted by atomic mass is 10.1. The Morgan fingerprint density at radius 1 is 1.16 bits per heavy atom. The molecule has 0 aliphatic carbocycles. The van der Waals surface area contributed by atoms with Crippen molar-refractivity contribution in [1.82, 2.24) is 9.78 Å². The van der Waals surface area contributed by atoms with Gasteiger partial charge in [0.15, 0.2) is 11.5 Å². The molecule has 31 heavy (non-hydrogen) atoms. The van der Waals surface area contributed by atoms with E-state index in [-0.39, 0.29) is 5.91 Å². The first-order valence-electron chi connectivity index (χ1n) is 10.2. The summed E-state index contributed by atoms with van der Waals surface area (Å²) < 4.78 is 13.2. The lowest BCUT2D eigenvalue weighted by Crippen LogP contribution is -2.08. The van der Waals surface area contributed by atoms with Gasteiger partial charge in [0.25, 0.3) is 0 Å². The van der Waals surface area contributed by atoms with E-state index in [1.54, 1.807) is 18.2 Å². The molecule has 1 aliphatic rings. The van der Waals surface area contributed by atoms with Gasteiger partial charge in [0, 0.05) is 40.5 Å². The molecule has 6 nitrogen and oxygen atoms in total. The topological polar surface area (TPSA) is 65.4 Å². The second-order valence-corrected chi connectivity index (χ2v) is 7.78. The number of fused-ring (bicyclic) bond motifs is 1. The van der Waals surface area contributed by atoms with Crippen LogP contribution >= 0.6 is 11.6 Å². The zero-order chi connectivity index (χ0) is 21.8. The molecule has 4 rings (SSSR count). The minimum Gasteiger partial charge on any atom is -0.490 e. The summed E-state index contributed by atoms with van der Waals surface area (Å²) >= 11 is 6.28. The Bertz CT molecular complexity index is 1140. The van der Waals surface area contributed by atoms with Crippen LogP contribution in [0.25, 0.3) is 6.08 Å². The Morgan fingerprint density at radius 2 is 1.94 bits per heavy atom. The fraction of sp³-hybridized carbons (Fsp3) is 0.250. The maximum atomic E-state index is 12.5. The summed E-state index contributed by atoms with van der Waals surface area (Å²) in [4.78, 5) is 12.5. The SMILES string of the molecule is Cc1nn(Cc2ccccc2Cl)c(C)c1/C=C/C(=O)Nc1ccc2c(c1)OCCCO2. The smallest absolute Gasteiger partial charge is 0.248 e. The zero-order valence-electron chi connectivity index (χ0n) is 17.5. The predicted octanol–water partition coefficient (Wildman–Crippen LogP) is 5.01. The molecular formula is C24H24ClN3O3. The number of aryl methyl sites for hydroxylation is 1. The fourth-order valence-corrected chi connectivity index (χ4v) is 3.67. The number of carbonyl (C=O) groups excluding carboxylic acids is 1. The summed E-state index contributed by atoms with van der Waals surface area (Å²) in [5.74, 6) is 1.11. The van der Waals surface area contributed by atoms with Crippen LogP contribution in [0.3, 0.4) is 0 Å². The van der Waals surface area contributed by atoms with E-state index in [0.717, 1.165) is 28.9 Å². The number of ether oxygens (including phenoxy) is 2. The monoisotopic (exact) mass is 437 g/mol. The third-order valence-electron chi connectivity index (χ3n) is 5.13. The second-order valence-electron chi connectivity index (χ2n) is 7.37. The summed E-state index contributed by atoms with van der Waals surface area (Å²) in [6.07, 6.45) is 4.14. The van der Waals surface area contributed by atoms with Crippen LogP contribution in [0.4, 0.5) is 5.69 Å². The number of benzene rings is 2. The number of amides is 1. The highest BCUT2D eigenvalue weighted by Crippen LogP contribution is 2.32. The average Bonchev–Trinajstić information content (AvgIpc) is 2.91. The van der Waals surface area contributed by atoms with Gasteiger partial charge in [0.2, 0.25) is 5.91 Å². The number of rotatable bonds is 5. The van der Waals surface area contributed by atoms with E-state index < -0.39 is 0 Å². The number of halogens is 1. The number of hydrogen-bond donors (Lipinski definition) is 1. The van der Waals surface area contributed by atoms with Gasteiger partial charge in [0.1, 0.15) is 0 Å². The summed E-state index contributed by atoms with van der Waals surface area (Å²) in [7, 11) is 0. The average molecular weight is 438 g/mol. The van der Waals surface area contributed by atoms with Gasteiger partial charge in [-0.3, -0.25) is 9.48 Å². The number of nitrogens with one attached hydrogen (secondary N) is 1. The van der Waals surface area contributed by atoms with E-state index in [2.05, 4.69) is 10.4 Å². The second kappa shape index (κ2) is 9.27. The summed E-state index contributed by atoms with van der Waals surface area (Å²) in [6.45, 7) is 5.71. The van der Waals surface area contributed by atoms with Crippen molar-refractivity contribution in [2.75, 3.05) is 18.5 Å². The van der Waals surface area contributed by atoms with Crippen molar-refractivity contribution in [2.24, 2.45) is 0 Å². The zero-order valence-corrected chi connectivity index (χ0v) is 18.3. The largest absolute Gasteiger partial charge is 0.490 e. The van der Waals surface area contributed by atoms with Crippen LogP contribution in [0, 0.1) is 13.8 Å². The first-order chi connectivity index (χ1) is 15.0. The number of carbonyl (C=O) groups is 1. The molecule has 3 aromatic rings. The van der Waals surface area contributed by atoms with Crippen molar-refractivity contribution in [3.8, 4) is 11.5 Å². The number of aromatic nitrogens is 2. The first kappa shape index (κ1) is 21.0. The molecule has 2 aromatic carbocycles. The van der Waals surface area contributed by atoms with Crippen molar-refractivity contribution in [2.45, 2.75) is 26.8 Å². The Balaban J connectivity index is 1.46. The Labute approximate surface area is 186 Å². The molecule has 1 aromatic heterocycles. The maximum Gasteiger partial charge on any atom is 0.248 e. The normalized spacial score (nSPS) is 13.3. The van der Waals surface area contributed by atoms with E-state index in [1.807, 2.05) is 48.9 Å². The van der Waals surface area contributed by atoms with Crippen LogP contribution in [0.1, 0.15) is 28.9 Å². The molecule has 0 atom stereocenters. The van der Waals surface area contributed by atoms with Gasteiger partial charge in [-0.15, -0.1) is 0 Å². The lowest BCUT2D eigenvalue weighted by molar-refractivity contribution is -0.111. The van der Waals surface area contributed by atoms with E-state index in [1.165, 1.54) is 6.08 Å². The van der Waals surface area contributed by atoms with Crippen molar-refractivity contribution in [3.05, 3.63) is 76.1 Å². The van der Waals surface area contributed by atoms with Gasteiger partial charge in [-0.1, -0.05) is 29.8 Å². The van der Waals surface area contributed by atoms with Crippen LogP contribution < -0.4 is 14.8 Å². The van der Waals surface area contributed by atoms with Crippen LogP contribution in [0.2, 0.25) is 5.02 Å². The number of hydrogen-bond acceptors (Lipinski definition) is 4. The Hall–Kier alpha value is -3.25. The summed E-state index contributed by atoms with van der Waals surface area (Å²) in [6, 6.07) is 13.1. The quantitative estimate of drug-likeness (QED) is 0.569. The van der Waals surface area contributed by atoms with Crippen molar-refractivity contribution in [1.29, 1.82) is 0 Å². The third kappa shape index (κ3) is 4.91. The number of nitrogens with zero attached hydrogens (tertiary/aromatic N) is 2. The van der Waals surface area contributed by atoms with Crippen LogP contribution in [0.5, 0.6) is 11.5 Å². The van der Waals surface area contributed by atoms with Crippen LogP contribution in [-0.2, 0) is 11.3 Å². The molecule has 7 heteroatoms. The molecule has 1 aliphatic heterocycles. The number of anilines is 1. The van der Waals surface area contributed by atoms with E-state index in [9.17, 15) is 4.79 Å². The van der Waals surface area contributed by atoms with Gasteiger partial charge in [-0.2, -0.15) is 5.10 Å². The molecular weight excluding hydrogens is 414 g/mol. The lowest BCUT2D eigenvalue weighted by Gasteiger charge is -2.09. The molecule has 0 fully saturated rings.